The lowest BCUT2D eigenvalue weighted by Gasteiger charge is -2.40. The molecule has 0 fully saturated rings. The van der Waals surface area contributed by atoms with E-state index in [1.54, 1.807) is 20.2 Å². The van der Waals surface area contributed by atoms with Gasteiger partial charge in [0.2, 0.25) is 21.8 Å². The number of hydrogen-bond donors (Lipinski definition) is 4. The molecule has 0 aliphatic heterocycles. The van der Waals surface area contributed by atoms with Crippen molar-refractivity contribution in [3.8, 4) is 0 Å². The summed E-state index contributed by atoms with van der Waals surface area (Å²) >= 11 is 3.92. The van der Waals surface area contributed by atoms with Gasteiger partial charge in [0.25, 0.3) is 5.91 Å². The van der Waals surface area contributed by atoms with Gasteiger partial charge in [-0.3, -0.25) is 14.4 Å². The molecule has 0 heterocycles. The van der Waals surface area contributed by atoms with E-state index in [1.807, 2.05) is 83.5 Å². The first kappa shape index (κ1) is 35.7. The number of rotatable bonds is 13. The molecule has 0 aliphatic carbocycles. The summed E-state index contributed by atoms with van der Waals surface area (Å²) in [5, 5.41) is 6.13. The third-order valence-electron chi connectivity index (χ3n) is 7.05. The number of nitrogens with one attached hydrogen (secondary N) is 3. The summed E-state index contributed by atoms with van der Waals surface area (Å²) in [6.07, 6.45) is 1.59. The summed E-state index contributed by atoms with van der Waals surface area (Å²) in [6.45, 7) is 14.9. The molecule has 0 radical (unpaired) electrons. The second-order valence-corrected chi connectivity index (χ2v) is 14.4. The van der Waals surface area contributed by atoms with Crippen molar-refractivity contribution in [2.24, 2.45) is 11.3 Å². The van der Waals surface area contributed by atoms with Crippen LogP contribution in [0.2, 0.25) is 0 Å². The number of thiol groups is 1. The summed E-state index contributed by atoms with van der Waals surface area (Å²) in [4.78, 5) is 41.7. The summed E-state index contributed by atoms with van der Waals surface area (Å²) in [5.74, 6) is -1.70. The average molecular weight is 597 g/mol. The van der Waals surface area contributed by atoms with Crippen LogP contribution >= 0.6 is 12.6 Å². The fraction of sp³-hybridized carbons (Fsp3) is 0.621. The molecule has 0 saturated carbocycles. The van der Waals surface area contributed by atoms with Gasteiger partial charge in [-0.1, -0.05) is 84.9 Å². The summed E-state index contributed by atoms with van der Waals surface area (Å²) in [7, 11) is -0.462. The Morgan fingerprint density at radius 2 is 1.57 bits per heavy atom. The van der Waals surface area contributed by atoms with Crippen LogP contribution in [0.5, 0.6) is 0 Å². The van der Waals surface area contributed by atoms with Crippen molar-refractivity contribution in [1.82, 2.24) is 20.3 Å². The number of nitrogens with zero attached hydrogens (tertiary/aromatic N) is 1. The van der Waals surface area contributed by atoms with Crippen molar-refractivity contribution in [3.05, 3.63) is 47.5 Å². The van der Waals surface area contributed by atoms with E-state index in [-0.39, 0.29) is 34.8 Å². The van der Waals surface area contributed by atoms with E-state index < -0.39 is 44.9 Å². The number of amides is 3. The fourth-order valence-corrected chi connectivity index (χ4v) is 6.06. The Morgan fingerprint density at radius 3 is 2.02 bits per heavy atom. The van der Waals surface area contributed by atoms with Crippen LogP contribution in [0.4, 0.5) is 0 Å². The predicted molar refractivity (Wildman–Crippen MR) is 165 cm³/mol. The Morgan fingerprint density at radius 1 is 1.02 bits per heavy atom. The number of hydrogen-bond acceptors (Lipinski definition) is 7. The molecule has 3 atom stereocenters. The zero-order chi connectivity index (χ0) is 31.1. The molecule has 0 aromatic heterocycles. The third kappa shape index (κ3) is 9.62. The highest BCUT2D eigenvalue weighted by atomic mass is 32.2. The normalized spacial score (nSPS) is 15.2. The Balaban J connectivity index is 3.30. The Labute approximate surface area is 246 Å². The lowest BCUT2D eigenvalue weighted by Crippen LogP contribution is -2.61. The van der Waals surface area contributed by atoms with Crippen LogP contribution < -0.4 is 15.4 Å². The van der Waals surface area contributed by atoms with E-state index in [2.05, 4.69) is 23.3 Å². The van der Waals surface area contributed by atoms with Crippen LogP contribution in [0.3, 0.4) is 0 Å². The van der Waals surface area contributed by atoms with Crippen molar-refractivity contribution < 1.29 is 22.8 Å². The van der Waals surface area contributed by atoms with Gasteiger partial charge >= 0.3 is 0 Å². The molecule has 40 heavy (non-hydrogen) atoms. The van der Waals surface area contributed by atoms with E-state index in [9.17, 15) is 22.8 Å². The standard InChI is InChI=1S/C29H48N4O5S2/c1-19(2)22(18-20(3)25(34)32-40(37,38)17-16-39)33(10)27(36)24(28(4,5)6)31-26(35)23(30-9)29(7,8)21-14-12-11-13-15-21/h11-15,18-19,22-24,30,39H,16-17H2,1-10H3,(H,31,35)(H,32,34)/b20-18+. The Bertz CT molecular complexity index is 1160. The first-order valence-electron chi connectivity index (χ1n) is 13.4. The molecule has 1 aromatic rings. The molecule has 0 bridgehead atoms. The molecule has 1 rings (SSSR count). The highest BCUT2D eigenvalue weighted by Crippen LogP contribution is 2.29. The van der Waals surface area contributed by atoms with Crippen molar-refractivity contribution in [3.63, 3.8) is 0 Å². The largest absolute Gasteiger partial charge is 0.342 e. The van der Waals surface area contributed by atoms with Gasteiger partial charge in [0, 0.05) is 23.8 Å². The van der Waals surface area contributed by atoms with Crippen molar-refractivity contribution in [2.75, 3.05) is 25.6 Å². The molecule has 1 aromatic carbocycles. The van der Waals surface area contributed by atoms with Crippen LogP contribution in [0.15, 0.2) is 42.0 Å². The van der Waals surface area contributed by atoms with Crippen molar-refractivity contribution >= 4 is 40.4 Å². The topological polar surface area (TPSA) is 125 Å². The molecule has 0 spiro atoms. The second-order valence-electron chi connectivity index (χ2n) is 12.1. The van der Waals surface area contributed by atoms with Gasteiger partial charge in [0.15, 0.2) is 0 Å². The second kappa shape index (κ2) is 14.5. The van der Waals surface area contributed by atoms with Crippen LogP contribution in [0, 0.1) is 11.3 Å². The Kier molecular flexibility index (Phi) is 12.9. The quantitative estimate of drug-likeness (QED) is 0.205. The molecule has 11 heteroatoms. The lowest BCUT2D eigenvalue weighted by atomic mass is 9.76. The van der Waals surface area contributed by atoms with Crippen molar-refractivity contribution in [1.29, 1.82) is 0 Å². The zero-order valence-corrected chi connectivity index (χ0v) is 27.2. The molecular formula is C29H48N4O5S2. The minimum atomic E-state index is -3.81. The van der Waals surface area contributed by atoms with Gasteiger partial charge in [-0.25, -0.2) is 13.1 Å². The highest BCUT2D eigenvalue weighted by Gasteiger charge is 2.41. The average Bonchev–Trinajstić information content (AvgIpc) is 2.84. The molecule has 3 N–H and O–H groups in total. The minimum absolute atomic E-state index is 0.0775. The van der Waals surface area contributed by atoms with Gasteiger partial charge in [0.1, 0.15) is 6.04 Å². The first-order chi connectivity index (χ1) is 18.3. The van der Waals surface area contributed by atoms with Gasteiger partial charge in [0.05, 0.1) is 17.8 Å². The van der Waals surface area contributed by atoms with Gasteiger partial charge in [-0.2, -0.15) is 12.6 Å². The lowest BCUT2D eigenvalue weighted by molar-refractivity contribution is -0.140. The first-order valence-corrected chi connectivity index (χ1v) is 15.7. The maximum atomic E-state index is 13.9. The van der Waals surface area contributed by atoms with E-state index in [1.165, 1.54) is 11.8 Å². The van der Waals surface area contributed by atoms with Gasteiger partial charge in [-0.15, -0.1) is 0 Å². The minimum Gasteiger partial charge on any atom is -0.342 e. The maximum absolute atomic E-state index is 13.9. The number of sulfonamides is 1. The molecule has 0 saturated heterocycles. The van der Waals surface area contributed by atoms with E-state index >= 15 is 0 Å². The molecule has 226 valence electrons. The number of carbonyl (C=O) groups is 3. The van der Waals surface area contributed by atoms with Crippen LogP contribution in [0.25, 0.3) is 0 Å². The molecule has 3 unspecified atom stereocenters. The smallest absolute Gasteiger partial charge is 0.260 e. The van der Waals surface area contributed by atoms with Gasteiger partial charge in [-0.05, 0) is 30.9 Å². The van der Waals surface area contributed by atoms with E-state index in [0.29, 0.717) is 0 Å². The van der Waals surface area contributed by atoms with Crippen LogP contribution in [-0.2, 0) is 29.8 Å². The van der Waals surface area contributed by atoms with Crippen LogP contribution in [-0.4, -0.2) is 74.8 Å². The highest BCUT2D eigenvalue weighted by molar-refractivity contribution is 7.91. The summed E-state index contributed by atoms with van der Waals surface area (Å²) < 4.78 is 26.1. The number of benzene rings is 1. The van der Waals surface area contributed by atoms with Crippen molar-refractivity contribution in [2.45, 2.75) is 78.9 Å². The molecule has 0 aliphatic rings. The molecular weight excluding hydrogens is 548 g/mol. The number of carbonyl (C=O) groups excluding carboxylic acids is 3. The SMILES string of the molecule is CNC(C(=O)NC(C(=O)N(C)C(/C=C(\C)C(=O)NS(=O)(=O)CCS)C(C)C)C(C)(C)C)C(C)(C)c1ccccc1. The van der Waals surface area contributed by atoms with Crippen LogP contribution in [0.1, 0.15) is 61.0 Å². The summed E-state index contributed by atoms with van der Waals surface area (Å²) in [5.41, 5.74) is -0.0551. The fourth-order valence-electron chi connectivity index (χ4n) is 4.56. The molecule has 3 amide bonds. The predicted octanol–water partition coefficient (Wildman–Crippen LogP) is 2.89. The van der Waals surface area contributed by atoms with E-state index in [0.717, 1.165) is 5.56 Å². The zero-order valence-electron chi connectivity index (χ0n) is 25.5. The van der Waals surface area contributed by atoms with Gasteiger partial charge < -0.3 is 15.5 Å². The van der Waals surface area contributed by atoms with E-state index in [4.69, 9.17) is 0 Å². The summed E-state index contributed by atoms with van der Waals surface area (Å²) in [6, 6.07) is 7.69. The molecule has 9 nitrogen and oxygen atoms in total. The third-order valence-corrected chi connectivity index (χ3v) is 8.82. The Hall–Kier alpha value is -2.37. The number of likely N-dealkylation sites (N-methyl/N-ethyl adjacent to an activating group) is 2. The monoisotopic (exact) mass is 596 g/mol. The maximum Gasteiger partial charge on any atom is 0.260 e.